The molecule has 0 heterocycles. The highest BCUT2D eigenvalue weighted by Gasteiger charge is 2.33. The Morgan fingerprint density at radius 1 is 0.732 bits per heavy atom. The Hall–Kier alpha value is -3.67. The number of hydrogen-bond donors (Lipinski definition) is 10. The average molecular weight is 588 g/mol. The van der Waals surface area contributed by atoms with E-state index in [9.17, 15) is 33.6 Å². The Balaban J connectivity index is 5.28. The highest BCUT2D eigenvalue weighted by atomic mass is 16.4. The predicted molar refractivity (Wildman–Crippen MR) is 147 cm³/mol. The van der Waals surface area contributed by atoms with Crippen molar-refractivity contribution >= 4 is 41.8 Å². The minimum Gasteiger partial charge on any atom is -0.481 e. The van der Waals surface area contributed by atoms with Crippen LogP contribution in [0.5, 0.6) is 0 Å². The van der Waals surface area contributed by atoms with E-state index in [0.717, 1.165) is 0 Å². The van der Waals surface area contributed by atoms with E-state index < -0.39 is 77.8 Å². The second-order valence-corrected chi connectivity index (χ2v) is 9.80. The Morgan fingerprint density at radius 2 is 1.20 bits per heavy atom. The van der Waals surface area contributed by atoms with Crippen LogP contribution in [0.3, 0.4) is 0 Å². The molecule has 0 aromatic rings. The fourth-order valence-electron chi connectivity index (χ4n) is 3.59. The van der Waals surface area contributed by atoms with E-state index in [4.69, 9.17) is 28.0 Å². The largest absolute Gasteiger partial charge is 0.481 e. The number of rotatable bonds is 21. The first kappa shape index (κ1) is 37.3. The molecule has 0 fully saturated rings. The van der Waals surface area contributed by atoms with Gasteiger partial charge in [0.05, 0.1) is 12.5 Å². The zero-order valence-electron chi connectivity index (χ0n) is 23.7. The lowest BCUT2D eigenvalue weighted by Gasteiger charge is -2.28. The molecule has 0 bridgehead atoms. The molecular weight excluding hydrogens is 542 g/mol. The quantitative estimate of drug-likeness (QED) is 0.0346. The fraction of sp³-hybridized carbons (Fsp3) is 0.708. The molecule has 14 N–H and O–H groups in total. The molecule has 0 saturated carbocycles. The van der Waals surface area contributed by atoms with E-state index in [2.05, 4.69) is 26.6 Å². The Morgan fingerprint density at radius 3 is 1.68 bits per heavy atom. The molecule has 0 rings (SSSR count). The number of carbonyl (C=O) groups is 7. The number of unbranched alkanes of at least 4 members (excludes halogenated alkanes) is 1. The van der Waals surface area contributed by atoms with Crippen molar-refractivity contribution in [2.75, 3.05) is 13.1 Å². The fourth-order valence-corrected chi connectivity index (χ4v) is 3.59. The summed E-state index contributed by atoms with van der Waals surface area (Å²) < 4.78 is 0. The van der Waals surface area contributed by atoms with Gasteiger partial charge >= 0.3 is 5.97 Å². The Labute approximate surface area is 238 Å². The number of nitrogens with one attached hydrogen (secondary N) is 5. The summed E-state index contributed by atoms with van der Waals surface area (Å²) in [6.07, 6.45) is 1.22. The maximum absolute atomic E-state index is 13.0. The number of carboxylic acids is 1. The van der Waals surface area contributed by atoms with Crippen LogP contribution in [0.4, 0.5) is 0 Å². The summed E-state index contributed by atoms with van der Waals surface area (Å²) >= 11 is 0. The van der Waals surface area contributed by atoms with Gasteiger partial charge in [-0.3, -0.25) is 38.9 Å². The van der Waals surface area contributed by atoms with Gasteiger partial charge in [-0.2, -0.15) is 0 Å². The summed E-state index contributed by atoms with van der Waals surface area (Å²) in [4.78, 5) is 84.7. The van der Waals surface area contributed by atoms with Crippen molar-refractivity contribution in [3.63, 3.8) is 0 Å². The zero-order valence-corrected chi connectivity index (χ0v) is 23.7. The summed E-state index contributed by atoms with van der Waals surface area (Å²) in [6, 6.07) is -5.45. The van der Waals surface area contributed by atoms with Crippen LogP contribution in [-0.4, -0.2) is 95.9 Å². The molecule has 1 unspecified atom stereocenters. The maximum Gasteiger partial charge on any atom is 0.307 e. The summed E-state index contributed by atoms with van der Waals surface area (Å²) in [5.74, 6) is -4.95. The van der Waals surface area contributed by atoms with Crippen molar-refractivity contribution in [2.24, 2.45) is 22.9 Å². The molecule has 17 nitrogen and oxygen atoms in total. The smallest absolute Gasteiger partial charge is 0.307 e. The summed E-state index contributed by atoms with van der Waals surface area (Å²) in [5.41, 5.74) is 19.9. The van der Waals surface area contributed by atoms with Gasteiger partial charge < -0.3 is 49.3 Å². The van der Waals surface area contributed by atoms with E-state index in [0.29, 0.717) is 32.4 Å². The third kappa shape index (κ3) is 14.5. The minimum atomic E-state index is -2.02. The molecule has 0 spiro atoms. The molecule has 0 aromatic carbocycles. The van der Waals surface area contributed by atoms with Gasteiger partial charge in [0.15, 0.2) is 6.29 Å². The first-order valence-corrected chi connectivity index (χ1v) is 13.3. The third-order valence-electron chi connectivity index (χ3n) is 5.97. The third-order valence-corrected chi connectivity index (χ3v) is 5.97. The van der Waals surface area contributed by atoms with Gasteiger partial charge in [0.2, 0.25) is 29.5 Å². The van der Waals surface area contributed by atoms with E-state index >= 15 is 0 Å². The predicted octanol–water partition coefficient (Wildman–Crippen LogP) is -4.37. The van der Waals surface area contributed by atoms with Crippen molar-refractivity contribution in [2.45, 2.75) is 95.2 Å². The number of carboxylic acid groups (broad SMARTS) is 1. The number of amides is 5. The van der Waals surface area contributed by atoms with Crippen LogP contribution in [0.15, 0.2) is 0 Å². The van der Waals surface area contributed by atoms with Gasteiger partial charge in [-0.25, -0.2) is 0 Å². The SMILES string of the molecule is C[C@H](NC(=O)[C@@H](C)NC(=O)[C@H](CCCCN)NC(=O)[C@H](C)NC(N)(C=O)CC(=O)O)C(=O)N[C@@H](CCCN)C(N)=O. The van der Waals surface area contributed by atoms with Crippen molar-refractivity contribution in [3.05, 3.63) is 0 Å². The zero-order chi connectivity index (χ0) is 31.8. The van der Waals surface area contributed by atoms with E-state index in [1.807, 2.05) is 0 Å². The van der Waals surface area contributed by atoms with Crippen molar-refractivity contribution in [1.29, 1.82) is 0 Å². The molecule has 0 aliphatic rings. The topological polar surface area (TPSA) is 304 Å². The van der Waals surface area contributed by atoms with Gasteiger partial charge in [0, 0.05) is 0 Å². The number of nitrogens with two attached hydrogens (primary N) is 4. The van der Waals surface area contributed by atoms with E-state index in [1.54, 1.807) is 0 Å². The monoisotopic (exact) mass is 587 g/mol. The van der Waals surface area contributed by atoms with Gasteiger partial charge in [-0.1, -0.05) is 0 Å². The standard InChI is InChI=1S/C24H45N9O8/c1-13(20(38)29-14(2)21(39)31-16(19(27)37)8-6-10-26)30-23(41)17(7-4-5-9-25)32-22(40)15(3)33-24(28,12-34)11-18(35)36/h12-17,33H,4-11,25-26,28H2,1-3H3,(H2,27,37)(H,29,38)(H,30,41)(H,31,39)(H,32,40)(H,35,36)/t13-,14+,15+,16+,17+,24?/m1/s1. The summed E-state index contributed by atoms with van der Waals surface area (Å²) in [5, 5.41) is 21.2. The van der Waals surface area contributed by atoms with Crippen LogP contribution in [0, 0.1) is 0 Å². The molecule has 17 heteroatoms. The van der Waals surface area contributed by atoms with Gasteiger partial charge in [0.1, 0.15) is 29.8 Å². The normalized spacial score (nSPS) is 16.0. The number of aliphatic carboxylic acids is 1. The lowest BCUT2D eigenvalue weighted by molar-refractivity contribution is -0.141. The van der Waals surface area contributed by atoms with Gasteiger partial charge in [0.25, 0.3) is 0 Å². The second-order valence-electron chi connectivity index (χ2n) is 9.80. The second kappa shape index (κ2) is 18.6. The number of aldehydes is 1. The van der Waals surface area contributed by atoms with E-state index in [1.165, 1.54) is 20.8 Å². The lowest BCUT2D eigenvalue weighted by Crippen LogP contribution is -2.63. The summed E-state index contributed by atoms with van der Waals surface area (Å²) in [7, 11) is 0. The highest BCUT2D eigenvalue weighted by molar-refractivity contribution is 5.95. The highest BCUT2D eigenvalue weighted by Crippen LogP contribution is 2.05. The van der Waals surface area contributed by atoms with Crippen molar-refractivity contribution < 1.29 is 38.7 Å². The number of primary amides is 1. The van der Waals surface area contributed by atoms with Crippen LogP contribution in [0.1, 0.15) is 59.3 Å². The first-order chi connectivity index (χ1) is 19.1. The molecular formula is C24H45N9O8. The molecule has 0 saturated heterocycles. The van der Waals surface area contributed by atoms with Crippen LogP contribution in [0.25, 0.3) is 0 Å². The number of carbonyl (C=O) groups excluding carboxylic acids is 6. The molecule has 41 heavy (non-hydrogen) atoms. The molecule has 0 aromatic heterocycles. The molecule has 0 radical (unpaired) electrons. The number of hydrogen-bond acceptors (Lipinski definition) is 11. The van der Waals surface area contributed by atoms with Crippen molar-refractivity contribution in [3.8, 4) is 0 Å². The van der Waals surface area contributed by atoms with Crippen LogP contribution >= 0.6 is 0 Å². The first-order valence-electron chi connectivity index (χ1n) is 13.3. The lowest BCUT2D eigenvalue weighted by atomic mass is 10.1. The van der Waals surface area contributed by atoms with Crippen LogP contribution < -0.4 is 49.5 Å². The molecule has 234 valence electrons. The van der Waals surface area contributed by atoms with Crippen LogP contribution in [-0.2, 0) is 33.6 Å². The Bertz CT molecular complexity index is 935. The molecule has 0 aliphatic heterocycles. The van der Waals surface area contributed by atoms with Crippen LogP contribution in [0.2, 0.25) is 0 Å². The van der Waals surface area contributed by atoms with Gasteiger partial charge in [-0.15, -0.1) is 0 Å². The van der Waals surface area contributed by atoms with Gasteiger partial charge in [-0.05, 0) is 66.0 Å². The summed E-state index contributed by atoms with van der Waals surface area (Å²) in [6.45, 7) is 4.72. The Kier molecular flexibility index (Phi) is 17.0. The average Bonchev–Trinajstić information content (AvgIpc) is 2.89. The van der Waals surface area contributed by atoms with Crippen molar-refractivity contribution in [1.82, 2.24) is 26.6 Å². The minimum absolute atomic E-state index is 0.155. The molecule has 5 amide bonds. The molecule has 6 atom stereocenters. The maximum atomic E-state index is 13.0. The molecule has 0 aliphatic carbocycles. The van der Waals surface area contributed by atoms with E-state index in [-0.39, 0.29) is 19.1 Å².